The zero-order valence-electron chi connectivity index (χ0n) is 23.2. The third-order valence-electron chi connectivity index (χ3n) is 7.44. The van der Waals surface area contributed by atoms with E-state index in [1.54, 1.807) is 27.1 Å². The maximum atomic E-state index is 15.3. The van der Waals surface area contributed by atoms with Gasteiger partial charge in [0.05, 0.1) is 12.0 Å². The summed E-state index contributed by atoms with van der Waals surface area (Å²) < 4.78 is 35.8. The number of aromatic nitrogens is 2. The molecule has 1 amide bonds. The van der Waals surface area contributed by atoms with Crippen LogP contribution in [0.2, 0.25) is 0 Å². The normalized spacial score (nSPS) is 21.4. The molecule has 0 bridgehead atoms. The molecule has 2 aliphatic heterocycles. The van der Waals surface area contributed by atoms with Crippen LogP contribution in [0, 0.1) is 5.92 Å². The van der Waals surface area contributed by atoms with Gasteiger partial charge in [0.25, 0.3) is 5.91 Å². The number of piperazine rings is 1. The Morgan fingerprint density at radius 1 is 1.12 bits per heavy atom. The van der Waals surface area contributed by atoms with Gasteiger partial charge in [-0.15, -0.1) is 0 Å². The number of hydrogen-bond donors (Lipinski definition) is 2. The standard InChI is InChI=1S/C29H35F2N7O2/c1-5-37-10-12-38(13-11-37)16-19-6-8-20(9-7-19)35-27-24(29(39)36(3)4)28(33-17-32-27)40-23-15-22(30)26-21(25(23)31)14-18(2)34-26/h6-9,14-15,17,21,26,34H,5,10-13,16H2,1-4H3,(H,32,33,35). The molecule has 2 aromatic rings. The van der Waals surface area contributed by atoms with Crippen molar-refractivity contribution in [2.45, 2.75) is 26.4 Å². The molecule has 9 nitrogen and oxygen atoms in total. The Morgan fingerprint density at radius 3 is 2.50 bits per heavy atom. The largest absolute Gasteiger partial charge is 0.435 e. The predicted molar refractivity (Wildman–Crippen MR) is 149 cm³/mol. The molecule has 212 valence electrons. The molecule has 1 fully saturated rings. The molecular formula is C29H35F2N7O2. The summed E-state index contributed by atoms with van der Waals surface area (Å²) in [5, 5.41) is 6.09. The van der Waals surface area contributed by atoms with E-state index < -0.39 is 29.5 Å². The number of benzene rings is 1. The molecule has 2 unspecified atom stereocenters. The number of carbonyl (C=O) groups is 1. The molecule has 3 heterocycles. The van der Waals surface area contributed by atoms with E-state index >= 15 is 4.39 Å². The number of carbonyl (C=O) groups excluding carboxylic acids is 1. The fraction of sp³-hybridized carbons (Fsp3) is 0.414. The summed E-state index contributed by atoms with van der Waals surface area (Å²) in [4.78, 5) is 27.8. The fourth-order valence-electron chi connectivity index (χ4n) is 5.15. The molecule has 1 aromatic heterocycles. The molecule has 2 N–H and O–H groups in total. The quantitative estimate of drug-likeness (QED) is 0.510. The van der Waals surface area contributed by atoms with E-state index in [1.165, 1.54) is 16.8 Å². The van der Waals surface area contributed by atoms with E-state index in [0.29, 0.717) is 11.4 Å². The van der Waals surface area contributed by atoms with Crippen LogP contribution in [0.5, 0.6) is 5.88 Å². The molecule has 1 aromatic carbocycles. The van der Waals surface area contributed by atoms with Crippen LogP contribution in [-0.2, 0) is 6.54 Å². The van der Waals surface area contributed by atoms with E-state index in [-0.39, 0.29) is 23.0 Å². The van der Waals surface area contributed by atoms with Gasteiger partial charge in [-0.1, -0.05) is 25.1 Å². The molecule has 1 saturated heterocycles. The summed E-state index contributed by atoms with van der Waals surface area (Å²) in [6.45, 7) is 10.1. The van der Waals surface area contributed by atoms with Gasteiger partial charge in [0.15, 0.2) is 17.4 Å². The number of hydrogen-bond acceptors (Lipinski definition) is 8. The lowest BCUT2D eigenvalue weighted by molar-refractivity contribution is 0.0824. The number of halogens is 2. The Bertz CT molecular complexity index is 1350. The van der Waals surface area contributed by atoms with Gasteiger partial charge in [0, 0.05) is 64.3 Å². The van der Waals surface area contributed by atoms with E-state index in [0.717, 1.165) is 45.3 Å². The lowest BCUT2D eigenvalue weighted by atomic mass is 9.94. The predicted octanol–water partition coefficient (Wildman–Crippen LogP) is 3.98. The first-order valence-electron chi connectivity index (χ1n) is 13.5. The SMILES string of the molecule is CCN1CCN(Cc2ccc(Nc3ncnc(OC4=C(F)C5C=C(C)NC5C(F)=C4)c3C(=O)N(C)C)cc2)CC1. The van der Waals surface area contributed by atoms with E-state index in [1.807, 2.05) is 24.3 Å². The minimum atomic E-state index is -0.832. The molecule has 0 saturated carbocycles. The lowest BCUT2D eigenvalue weighted by Crippen LogP contribution is -2.45. The molecular weight excluding hydrogens is 516 g/mol. The molecule has 1 aliphatic carbocycles. The molecule has 11 heteroatoms. The summed E-state index contributed by atoms with van der Waals surface area (Å²) >= 11 is 0. The Balaban J connectivity index is 1.36. The first-order chi connectivity index (χ1) is 19.2. The van der Waals surface area contributed by atoms with Crippen LogP contribution in [0.25, 0.3) is 0 Å². The molecule has 2 atom stereocenters. The van der Waals surface area contributed by atoms with Crippen LogP contribution >= 0.6 is 0 Å². The third kappa shape index (κ3) is 5.85. The van der Waals surface area contributed by atoms with Crippen LogP contribution < -0.4 is 15.4 Å². The summed E-state index contributed by atoms with van der Waals surface area (Å²) in [6.07, 6.45) is 3.83. The second-order valence-electron chi connectivity index (χ2n) is 10.5. The van der Waals surface area contributed by atoms with Crippen molar-refractivity contribution in [3.63, 3.8) is 0 Å². The Labute approximate surface area is 233 Å². The average molecular weight is 552 g/mol. The van der Waals surface area contributed by atoms with Crippen molar-refractivity contribution in [1.82, 2.24) is 30.0 Å². The molecule has 0 radical (unpaired) electrons. The number of fused-ring (bicyclic) bond motifs is 1. The lowest BCUT2D eigenvalue weighted by Gasteiger charge is -2.34. The van der Waals surface area contributed by atoms with Crippen molar-refractivity contribution in [2.24, 2.45) is 5.92 Å². The number of nitrogens with zero attached hydrogens (tertiary/aromatic N) is 5. The van der Waals surface area contributed by atoms with Crippen LogP contribution in [-0.4, -0.2) is 83.4 Å². The van der Waals surface area contributed by atoms with E-state index in [9.17, 15) is 9.18 Å². The minimum absolute atomic E-state index is 0.0119. The molecule has 0 spiro atoms. The van der Waals surface area contributed by atoms with E-state index in [2.05, 4.69) is 37.3 Å². The average Bonchev–Trinajstić information content (AvgIpc) is 3.35. The van der Waals surface area contributed by atoms with Gasteiger partial charge >= 0.3 is 0 Å². The van der Waals surface area contributed by atoms with Gasteiger partial charge in [-0.3, -0.25) is 9.69 Å². The number of likely N-dealkylation sites (N-methyl/N-ethyl adjacent to an activating group) is 1. The summed E-state index contributed by atoms with van der Waals surface area (Å²) in [5.74, 6) is -2.77. The van der Waals surface area contributed by atoms with Crippen molar-refractivity contribution >= 4 is 17.4 Å². The van der Waals surface area contributed by atoms with Gasteiger partial charge < -0.3 is 25.2 Å². The van der Waals surface area contributed by atoms with Crippen molar-refractivity contribution < 1.29 is 18.3 Å². The summed E-state index contributed by atoms with van der Waals surface area (Å²) in [5.41, 5.74) is 2.59. The highest BCUT2D eigenvalue weighted by Crippen LogP contribution is 2.38. The number of anilines is 2. The maximum Gasteiger partial charge on any atom is 0.262 e. The van der Waals surface area contributed by atoms with Crippen molar-refractivity contribution in [3.8, 4) is 5.88 Å². The molecule has 40 heavy (non-hydrogen) atoms. The Morgan fingerprint density at radius 2 is 1.82 bits per heavy atom. The van der Waals surface area contributed by atoms with Crippen LogP contribution in [0.4, 0.5) is 20.3 Å². The highest BCUT2D eigenvalue weighted by molar-refractivity contribution is 6.01. The van der Waals surface area contributed by atoms with Crippen molar-refractivity contribution in [2.75, 3.05) is 52.1 Å². The smallest absolute Gasteiger partial charge is 0.262 e. The minimum Gasteiger partial charge on any atom is -0.435 e. The second kappa shape index (κ2) is 11.7. The summed E-state index contributed by atoms with van der Waals surface area (Å²) in [6, 6.07) is 7.12. The van der Waals surface area contributed by atoms with Gasteiger partial charge in [-0.25, -0.2) is 18.7 Å². The third-order valence-corrected chi connectivity index (χ3v) is 7.44. The topological polar surface area (TPSA) is 85.9 Å². The van der Waals surface area contributed by atoms with Crippen molar-refractivity contribution in [3.05, 3.63) is 77.0 Å². The van der Waals surface area contributed by atoms with Gasteiger partial charge in [-0.05, 0) is 31.2 Å². The highest BCUT2D eigenvalue weighted by Gasteiger charge is 2.38. The number of amides is 1. The Kier molecular flexibility index (Phi) is 8.13. The number of allylic oxidation sites excluding steroid dienone is 2. The zero-order valence-corrected chi connectivity index (χ0v) is 23.2. The van der Waals surface area contributed by atoms with Crippen molar-refractivity contribution in [1.29, 1.82) is 0 Å². The number of ether oxygens (including phenoxy) is 1. The maximum absolute atomic E-state index is 15.3. The second-order valence-corrected chi connectivity index (χ2v) is 10.5. The first kappa shape index (κ1) is 27.7. The first-order valence-corrected chi connectivity index (χ1v) is 13.5. The number of rotatable bonds is 8. The zero-order chi connectivity index (χ0) is 28.4. The fourth-order valence-corrected chi connectivity index (χ4v) is 5.15. The van der Waals surface area contributed by atoms with E-state index in [4.69, 9.17) is 4.74 Å². The Hall–Kier alpha value is -3.83. The monoisotopic (exact) mass is 551 g/mol. The number of nitrogens with one attached hydrogen (secondary N) is 2. The van der Waals surface area contributed by atoms with Crippen LogP contribution in [0.1, 0.15) is 29.8 Å². The van der Waals surface area contributed by atoms with Gasteiger partial charge in [0.1, 0.15) is 17.7 Å². The highest BCUT2D eigenvalue weighted by atomic mass is 19.1. The summed E-state index contributed by atoms with van der Waals surface area (Å²) in [7, 11) is 3.17. The van der Waals surface area contributed by atoms with Crippen LogP contribution in [0.15, 0.2) is 65.9 Å². The van der Waals surface area contributed by atoms with Gasteiger partial charge in [-0.2, -0.15) is 0 Å². The van der Waals surface area contributed by atoms with Crippen LogP contribution in [0.3, 0.4) is 0 Å². The van der Waals surface area contributed by atoms with Gasteiger partial charge in [0.2, 0.25) is 5.88 Å². The molecule has 5 rings (SSSR count). The molecule has 3 aliphatic rings.